The summed E-state index contributed by atoms with van der Waals surface area (Å²) in [7, 11) is 0. The van der Waals surface area contributed by atoms with Crippen molar-refractivity contribution in [1.29, 1.82) is 0 Å². The molecule has 0 saturated heterocycles. The molecule has 1 rings (SSSR count). The largest absolute Gasteiger partial charge is 0.268 e. The van der Waals surface area contributed by atoms with Crippen LogP contribution in [0.15, 0.2) is 4.47 Å². The summed E-state index contributed by atoms with van der Waals surface area (Å²) in [6, 6.07) is 0. The fourth-order valence-electron chi connectivity index (χ4n) is 1.95. The Balaban J connectivity index is 2.66. The van der Waals surface area contributed by atoms with Crippen molar-refractivity contribution in [3.63, 3.8) is 0 Å². The molecule has 0 aliphatic heterocycles. The minimum atomic E-state index is 0.317. The molecule has 0 N–H and O–H groups in total. The Morgan fingerprint density at radius 3 is 2.59 bits per heavy atom. The summed E-state index contributed by atoms with van der Waals surface area (Å²) < 4.78 is 3.31. The minimum absolute atomic E-state index is 0.317. The summed E-state index contributed by atoms with van der Waals surface area (Å²) in [6.07, 6.45) is 5.31. The lowest BCUT2D eigenvalue weighted by Gasteiger charge is -2.08. The van der Waals surface area contributed by atoms with Crippen LogP contribution < -0.4 is 0 Å². The van der Waals surface area contributed by atoms with Gasteiger partial charge in [0, 0.05) is 11.9 Å². The Morgan fingerprint density at radius 1 is 1.35 bits per heavy atom. The highest BCUT2D eigenvalue weighted by Gasteiger charge is 2.13. The van der Waals surface area contributed by atoms with Gasteiger partial charge in [-0.3, -0.25) is 4.68 Å². The van der Waals surface area contributed by atoms with E-state index in [1.54, 1.807) is 0 Å². The van der Waals surface area contributed by atoms with Gasteiger partial charge in [-0.2, -0.15) is 5.10 Å². The fraction of sp³-hybridized carbons (Fsp3) is 0.769. The maximum atomic E-state index is 6.14. The van der Waals surface area contributed by atoms with E-state index in [9.17, 15) is 0 Å². The fourth-order valence-corrected chi connectivity index (χ4v) is 2.87. The van der Waals surface area contributed by atoms with Gasteiger partial charge in [0.1, 0.15) is 0 Å². The lowest BCUT2D eigenvalue weighted by molar-refractivity contribution is 0.588. The van der Waals surface area contributed by atoms with E-state index in [0.717, 1.165) is 38.6 Å². The molecule has 98 valence electrons. The van der Waals surface area contributed by atoms with Crippen molar-refractivity contribution in [3.05, 3.63) is 15.9 Å². The summed E-state index contributed by atoms with van der Waals surface area (Å²) in [5.41, 5.74) is 2.49. The summed E-state index contributed by atoms with van der Waals surface area (Å²) in [4.78, 5) is 0. The molecule has 0 aromatic carbocycles. The zero-order valence-electron chi connectivity index (χ0n) is 11.0. The first-order valence-electron chi connectivity index (χ1n) is 6.52. The van der Waals surface area contributed by atoms with E-state index >= 15 is 0 Å². The number of halogens is 2. The number of hydrogen-bond donors (Lipinski definition) is 0. The van der Waals surface area contributed by atoms with Crippen LogP contribution in [-0.4, -0.2) is 15.2 Å². The van der Waals surface area contributed by atoms with Crippen molar-refractivity contribution in [3.8, 4) is 0 Å². The van der Waals surface area contributed by atoms with Gasteiger partial charge in [-0.15, -0.1) is 11.6 Å². The summed E-state index contributed by atoms with van der Waals surface area (Å²) in [5, 5.41) is 4.92. The topological polar surface area (TPSA) is 17.8 Å². The average Bonchev–Trinajstić information content (AvgIpc) is 2.65. The second kappa shape index (κ2) is 7.42. The van der Waals surface area contributed by atoms with Crippen LogP contribution in [0.3, 0.4) is 0 Å². The van der Waals surface area contributed by atoms with Crippen molar-refractivity contribution in [2.24, 2.45) is 0 Å². The van der Waals surface area contributed by atoms with Gasteiger partial charge in [0.15, 0.2) is 0 Å². The van der Waals surface area contributed by atoms with Gasteiger partial charge in [-0.25, -0.2) is 0 Å². The molecule has 1 unspecified atom stereocenters. The Kier molecular flexibility index (Phi) is 6.57. The van der Waals surface area contributed by atoms with E-state index in [-0.39, 0.29) is 0 Å². The highest BCUT2D eigenvalue weighted by atomic mass is 79.9. The van der Waals surface area contributed by atoms with Gasteiger partial charge >= 0.3 is 0 Å². The van der Waals surface area contributed by atoms with Crippen LogP contribution in [0.4, 0.5) is 0 Å². The number of hydrogen-bond acceptors (Lipinski definition) is 1. The summed E-state index contributed by atoms with van der Waals surface area (Å²) in [6.45, 7) is 7.35. The van der Waals surface area contributed by atoms with Crippen molar-refractivity contribution >= 4 is 27.5 Å². The third kappa shape index (κ3) is 3.99. The first-order chi connectivity index (χ1) is 8.13. The van der Waals surface area contributed by atoms with Gasteiger partial charge in [0.25, 0.3) is 0 Å². The van der Waals surface area contributed by atoms with Gasteiger partial charge in [-0.1, -0.05) is 13.8 Å². The predicted molar refractivity (Wildman–Crippen MR) is 77.8 cm³/mol. The molecule has 17 heavy (non-hydrogen) atoms. The molecule has 0 aliphatic carbocycles. The number of aryl methyl sites for hydroxylation is 2. The van der Waals surface area contributed by atoms with Crippen LogP contribution >= 0.6 is 27.5 Å². The SMILES string of the molecule is CCc1nn(CC)c(CCCC(Cl)CC)c1Br. The number of aromatic nitrogens is 2. The van der Waals surface area contributed by atoms with E-state index in [1.165, 1.54) is 15.9 Å². The molecular formula is C13H22BrClN2. The van der Waals surface area contributed by atoms with Crippen LogP contribution in [0.2, 0.25) is 0 Å². The molecule has 0 fully saturated rings. The zero-order chi connectivity index (χ0) is 12.8. The molecule has 2 nitrogen and oxygen atoms in total. The minimum Gasteiger partial charge on any atom is -0.268 e. The number of alkyl halides is 1. The summed E-state index contributed by atoms with van der Waals surface area (Å²) in [5.74, 6) is 0. The van der Waals surface area contributed by atoms with Crippen LogP contribution in [-0.2, 0) is 19.4 Å². The highest BCUT2D eigenvalue weighted by molar-refractivity contribution is 9.10. The normalized spacial score (nSPS) is 13.0. The first kappa shape index (κ1) is 15.0. The zero-order valence-corrected chi connectivity index (χ0v) is 13.3. The molecule has 1 aromatic rings. The molecule has 0 amide bonds. The quantitative estimate of drug-likeness (QED) is 0.673. The molecule has 0 radical (unpaired) electrons. The smallest absolute Gasteiger partial charge is 0.0766 e. The monoisotopic (exact) mass is 320 g/mol. The highest BCUT2D eigenvalue weighted by Crippen LogP contribution is 2.24. The molecule has 0 spiro atoms. The van der Waals surface area contributed by atoms with Crippen LogP contribution in [0.25, 0.3) is 0 Å². The second-order valence-corrected chi connectivity index (χ2v) is 5.68. The molecular weight excluding hydrogens is 300 g/mol. The number of nitrogens with zero attached hydrogens (tertiary/aromatic N) is 2. The molecule has 4 heteroatoms. The van der Waals surface area contributed by atoms with E-state index in [2.05, 4.69) is 46.5 Å². The molecule has 0 saturated carbocycles. The lowest BCUT2D eigenvalue weighted by atomic mass is 10.1. The Labute approximate surface area is 118 Å². The van der Waals surface area contributed by atoms with E-state index in [4.69, 9.17) is 11.6 Å². The van der Waals surface area contributed by atoms with Gasteiger partial charge in [0.05, 0.1) is 15.9 Å². The van der Waals surface area contributed by atoms with Crippen molar-refractivity contribution in [2.75, 3.05) is 0 Å². The third-order valence-corrected chi connectivity index (χ3v) is 4.51. The maximum Gasteiger partial charge on any atom is 0.0766 e. The average molecular weight is 322 g/mol. The Hall–Kier alpha value is -0.0200. The van der Waals surface area contributed by atoms with Crippen LogP contribution in [0.5, 0.6) is 0 Å². The van der Waals surface area contributed by atoms with Crippen molar-refractivity contribution in [2.45, 2.75) is 64.8 Å². The van der Waals surface area contributed by atoms with Gasteiger partial charge in [-0.05, 0) is 55.0 Å². The van der Waals surface area contributed by atoms with Crippen molar-refractivity contribution < 1.29 is 0 Å². The van der Waals surface area contributed by atoms with Crippen molar-refractivity contribution in [1.82, 2.24) is 9.78 Å². The van der Waals surface area contributed by atoms with E-state index in [0.29, 0.717) is 5.38 Å². The molecule has 1 heterocycles. The molecule has 1 aromatic heterocycles. The third-order valence-electron chi connectivity index (χ3n) is 3.07. The Morgan fingerprint density at radius 2 is 2.06 bits per heavy atom. The predicted octanol–water partition coefficient (Wildman–Crippen LogP) is 4.57. The maximum absolute atomic E-state index is 6.14. The van der Waals surface area contributed by atoms with Crippen LogP contribution in [0, 0.1) is 0 Å². The lowest BCUT2D eigenvalue weighted by Crippen LogP contribution is -2.04. The van der Waals surface area contributed by atoms with E-state index in [1.807, 2.05) is 0 Å². The number of rotatable bonds is 7. The van der Waals surface area contributed by atoms with Gasteiger partial charge in [0.2, 0.25) is 0 Å². The molecule has 1 atom stereocenters. The Bertz CT molecular complexity index is 349. The molecule has 0 bridgehead atoms. The van der Waals surface area contributed by atoms with Gasteiger partial charge < -0.3 is 0 Å². The second-order valence-electron chi connectivity index (χ2n) is 4.27. The summed E-state index contributed by atoms with van der Waals surface area (Å²) >= 11 is 9.81. The van der Waals surface area contributed by atoms with Crippen LogP contribution in [0.1, 0.15) is 51.4 Å². The standard InChI is InChI=1S/C13H22BrClN2/c1-4-10(15)8-7-9-12-13(14)11(5-2)16-17(12)6-3/h10H,4-9H2,1-3H3. The molecule has 0 aliphatic rings. The first-order valence-corrected chi connectivity index (χ1v) is 7.74. The van der Waals surface area contributed by atoms with E-state index < -0.39 is 0 Å².